The predicted octanol–water partition coefficient (Wildman–Crippen LogP) is 7.12. The smallest absolute Gasteiger partial charge is 0.395 e. The molecule has 0 N–H and O–H groups in total. The number of benzene rings is 2. The largest absolute Gasteiger partial charge is 0.587 e. The molecule has 2 atom stereocenters. The van der Waals surface area contributed by atoms with Crippen molar-refractivity contribution in [1.29, 1.82) is 0 Å². The van der Waals surface area contributed by atoms with Crippen molar-refractivity contribution in [2.75, 3.05) is 6.61 Å². The van der Waals surface area contributed by atoms with Gasteiger partial charge in [-0.2, -0.15) is 0 Å². The normalized spacial score (nSPS) is 13.7. The van der Waals surface area contributed by atoms with E-state index in [9.17, 15) is 4.57 Å². The number of hydrogen-bond donors (Lipinski definition) is 0. The summed E-state index contributed by atoms with van der Waals surface area (Å²) in [5.74, 6) is 1.79. The molecule has 0 saturated heterocycles. The fourth-order valence-corrected chi connectivity index (χ4v) is 4.49. The van der Waals surface area contributed by atoms with Gasteiger partial charge in [-0.3, -0.25) is 4.52 Å². The number of rotatable bonds is 12. The first-order chi connectivity index (χ1) is 13.1. The van der Waals surface area contributed by atoms with Gasteiger partial charge in [0.05, 0.1) is 6.61 Å². The number of phosphoric acid groups is 1. The van der Waals surface area contributed by atoms with Crippen LogP contribution in [0.25, 0.3) is 0 Å². The summed E-state index contributed by atoms with van der Waals surface area (Å²) in [6, 6.07) is 18.0. The maximum Gasteiger partial charge on any atom is 0.587 e. The van der Waals surface area contributed by atoms with Crippen molar-refractivity contribution in [3.63, 3.8) is 0 Å². The highest BCUT2D eigenvalue weighted by molar-refractivity contribution is 7.49. The van der Waals surface area contributed by atoms with Gasteiger partial charge in [-0.25, -0.2) is 4.57 Å². The maximum atomic E-state index is 13.4. The molecule has 2 aromatic rings. The van der Waals surface area contributed by atoms with Gasteiger partial charge in [-0.1, -0.05) is 82.9 Å². The lowest BCUT2D eigenvalue weighted by molar-refractivity contribution is 0.140. The SMILES string of the molecule is CCCC(CC)C(CC)COP(=O)(Oc1ccccc1)Oc1ccccc1. The van der Waals surface area contributed by atoms with E-state index < -0.39 is 7.82 Å². The van der Waals surface area contributed by atoms with Gasteiger partial charge < -0.3 is 9.05 Å². The summed E-state index contributed by atoms with van der Waals surface area (Å²) in [5.41, 5.74) is 0. The van der Waals surface area contributed by atoms with Crippen molar-refractivity contribution in [3.8, 4) is 11.5 Å². The minimum atomic E-state index is -3.80. The summed E-state index contributed by atoms with van der Waals surface area (Å²) in [5, 5.41) is 0. The van der Waals surface area contributed by atoms with Crippen molar-refractivity contribution in [2.24, 2.45) is 11.8 Å². The molecule has 0 aliphatic rings. The molecule has 0 amide bonds. The maximum absolute atomic E-state index is 13.4. The van der Waals surface area contributed by atoms with E-state index in [1.54, 1.807) is 24.3 Å². The van der Waals surface area contributed by atoms with Gasteiger partial charge in [0.1, 0.15) is 11.5 Å². The van der Waals surface area contributed by atoms with Gasteiger partial charge in [0.25, 0.3) is 0 Å². The summed E-state index contributed by atoms with van der Waals surface area (Å²) < 4.78 is 30.6. The number of hydrogen-bond acceptors (Lipinski definition) is 4. The van der Waals surface area contributed by atoms with Crippen molar-refractivity contribution in [3.05, 3.63) is 60.7 Å². The summed E-state index contributed by atoms with van der Waals surface area (Å²) in [6.45, 7) is 6.89. The average molecular weight is 390 g/mol. The van der Waals surface area contributed by atoms with Crippen LogP contribution < -0.4 is 9.05 Å². The van der Waals surface area contributed by atoms with Gasteiger partial charge in [0, 0.05) is 0 Å². The summed E-state index contributed by atoms with van der Waals surface area (Å²) in [4.78, 5) is 0. The molecule has 4 nitrogen and oxygen atoms in total. The third kappa shape index (κ3) is 7.04. The number of phosphoric ester groups is 1. The second-order valence-corrected chi connectivity index (χ2v) is 8.19. The Kier molecular flexibility index (Phi) is 8.90. The van der Waals surface area contributed by atoms with Crippen LogP contribution >= 0.6 is 7.82 Å². The third-order valence-corrected chi connectivity index (χ3v) is 6.08. The molecular formula is C22H31O4P. The second-order valence-electron chi connectivity index (χ2n) is 6.68. The highest BCUT2D eigenvalue weighted by atomic mass is 31.2. The molecule has 0 bridgehead atoms. The van der Waals surface area contributed by atoms with Gasteiger partial charge in [-0.05, 0) is 36.1 Å². The van der Waals surface area contributed by atoms with E-state index in [2.05, 4.69) is 20.8 Å². The van der Waals surface area contributed by atoms with Crippen LogP contribution in [-0.2, 0) is 9.09 Å². The van der Waals surface area contributed by atoms with E-state index in [4.69, 9.17) is 13.6 Å². The van der Waals surface area contributed by atoms with Gasteiger partial charge >= 0.3 is 7.82 Å². The quantitative estimate of drug-likeness (QED) is 0.362. The van der Waals surface area contributed by atoms with Crippen LogP contribution in [0.15, 0.2) is 60.7 Å². The van der Waals surface area contributed by atoms with Crippen LogP contribution in [0.5, 0.6) is 11.5 Å². The summed E-state index contributed by atoms with van der Waals surface area (Å²) in [7, 11) is -3.80. The molecule has 27 heavy (non-hydrogen) atoms. The molecule has 5 heteroatoms. The van der Waals surface area contributed by atoms with E-state index in [1.165, 1.54) is 0 Å². The number of para-hydroxylation sites is 2. The Bertz CT molecular complexity index is 644. The van der Waals surface area contributed by atoms with E-state index >= 15 is 0 Å². The molecule has 0 saturated carbocycles. The average Bonchev–Trinajstić information content (AvgIpc) is 2.69. The van der Waals surface area contributed by atoms with E-state index in [0.29, 0.717) is 29.9 Å². The van der Waals surface area contributed by atoms with Crippen molar-refractivity contribution >= 4 is 7.82 Å². The summed E-state index contributed by atoms with van der Waals surface area (Å²) in [6.07, 6.45) is 4.32. The van der Waals surface area contributed by atoms with Crippen LogP contribution in [0.2, 0.25) is 0 Å². The molecule has 0 spiro atoms. The topological polar surface area (TPSA) is 44.8 Å². The van der Waals surface area contributed by atoms with Crippen LogP contribution in [0.1, 0.15) is 46.5 Å². The Labute approximate surface area is 163 Å². The lowest BCUT2D eigenvalue weighted by atomic mass is 9.85. The predicted molar refractivity (Wildman–Crippen MR) is 110 cm³/mol. The first kappa shape index (κ1) is 21.5. The fraction of sp³-hybridized carbons (Fsp3) is 0.455. The van der Waals surface area contributed by atoms with Gasteiger partial charge in [0.15, 0.2) is 0 Å². The summed E-state index contributed by atoms with van der Waals surface area (Å²) >= 11 is 0. The Morgan fingerprint density at radius 3 is 1.67 bits per heavy atom. The fourth-order valence-electron chi connectivity index (χ4n) is 3.21. The molecule has 148 valence electrons. The Balaban J connectivity index is 2.14. The van der Waals surface area contributed by atoms with Gasteiger partial charge in [-0.15, -0.1) is 0 Å². The van der Waals surface area contributed by atoms with Crippen molar-refractivity contribution in [2.45, 2.75) is 46.5 Å². The molecule has 2 rings (SSSR count). The van der Waals surface area contributed by atoms with Gasteiger partial charge in [0.2, 0.25) is 0 Å². The van der Waals surface area contributed by atoms with Crippen LogP contribution in [0.3, 0.4) is 0 Å². The molecule has 0 fully saturated rings. The second kappa shape index (κ2) is 11.2. The zero-order valence-electron chi connectivity index (χ0n) is 16.5. The lowest BCUT2D eigenvalue weighted by Crippen LogP contribution is -2.20. The van der Waals surface area contributed by atoms with E-state index in [1.807, 2.05) is 36.4 Å². The molecular weight excluding hydrogens is 359 g/mol. The van der Waals surface area contributed by atoms with Crippen LogP contribution in [0, 0.1) is 11.8 Å². The Hall–Kier alpha value is -1.77. The molecule has 0 heterocycles. The first-order valence-electron chi connectivity index (χ1n) is 9.84. The molecule has 2 aromatic carbocycles. The molecule has 0 aliphatic carbocycles. The highest BCUT2D eigenvalue weighted by Crippen LogP contribution is 2.50. The zero-order valence-corrected chi connectivity index (χ0v) is 17.4. The van der Waals surface area contributed by atoms with Crippen molar-refractivity contribution in [1.82, 2.24) is 0 Å². The highest BCUT2D eigenvalue weighted by Gasteiger charge is 2.33. The molecule has 0 aromatic heterocycles. The van der Waals surface area contributed by atoms with E-state index in [-0.39, 0.29) is 0 Å². The van der Waals surface area contributed by atoms with Crippen molar-refractivity contribution < 1.29 is 18.1 Å². The zero-order chi connectivity index (χ0) is 19.5. The third-order valence-electron chi connectivity index (χ3n) is 4.74. The minimum absolute atomic E-state index is 0.321. The first-order valence-corrected chi connectivity index (χ1v) is 11.3. The lowest BCUT2D eigenvalue weighted by Gasteiger charge is -2.26. The van der Waals surface area contributed by atoms with Crippen LogP contribution in [-0.4, -0.2) is 6.61 Å². The minimum Gasteiger partial charge on any atom is -0.395 e. The molecule has 2 unspecified atom stereocenters. The molecule has 0 radical (unpaired) electrons. The standard InChI is InChI=1S/C22H31O4P/c1-4-13-19(5-2)20(6-3)18-24-27(23,25-21-14-9-7-10-15-21)26-22-16-11-8-12-17-22/h7-12,14-17,19-20H,4-6,13,18H2,1-3H3. The van der Waals surface area contributed by atoms with E-state index in [0.717, 1.165) is 25.7 Å². The molecule has 0 aliphatic heterocycles. The Morgan fingerprint density at radius 2 is 1.26 bits per heavy atom. The Morgan fingerprint density at radius 1 is 0.778 bits per heavy atom. The van der Waals surface area contributed by atoms with Crippen LogP contribution in [0.4, 0.5) is 0 Å². The monoisotopic (exact) mass is 390 g/mol.